The highest BCUT2D eigenvalue weighted by molar-refractivity contribution is 6.22. The lowest BCUT2D eigenvalue weighted by Crippen LogP contribution is -2.23. The number of aromatic nitrogens is 4. The number of nitrogens with zero attached hydrogens (tertiary/aromatic N) is 6. The highest BCUT2D eigenvalue weighted by Gasteiger charge is 2.37. The second-order valence-corrected chi connectivity index (χ2v) is 30.5. The van der Waals surface area contributed by atoms with Gasteiger partial charge in [-0.1, -0.05) is 103 Å². The Morgan fingerprint density at radius 1 is 0.453 bits per heavy atom. The number of rotatable bonds is 13. The molecule has 0 radical (unpaired) electrons. The first kappa shape index (κ1) is 83.0. The molecule has 0 bridgehead atoms. The zero-order valence-corrected chi connectivity index (χ0v) is 64.3. The number of esters is 4. The van der Waals surface area contributed by atoms with Crippen molar-refractivity contribution in [1.82, 2.24) is 18.3 Å². The smallest absolute Gasteiger partial charge is 0.339 e. The third kappa shape index (κ3) is 21.0. The molecule has 0 amide bonds. The quantitative estimate of drug-likeness (QED) is 0.0555. The molecule has 0 aromatic carbocycles. The van der Waals surface area contributed by atoms with E-state index in [1.165, 1.54) is 57.6 Å². The summed E-state index contributed by atoms with van der Waals surface area (Å²) in [6, 6.07) is 3.77. The van der Waals surface area contributed by atoms with Crippen LogP contribution in [0.4, 0.5) is 0 Å². The van der Waals surface area contributed by atoms with Gasteiger partial charge in [0.15, 0.2) is 0 Å². The molecule has 2 unspecified atom stereocenters. The van der Waals surface area contributed by atoms with E-state index in [1.807, 2.05) is 39.8 Å². The SMILES string of the molecule is CC1=C(C(=O)OC(C)C)c2c(C#CC(C)(O)CC#N)cn(C)c(=O)c2C1.CC1=C(C(=O)OCC(C)C)c2c(C#CC(C)(O)CC#N)cn(C)c(=O)c2C1.CC1=C(C(=O)OCC2CC2)c2c(C#CC(C)(C)O)cn(C)c(=O)c2C1.CC1=C(C(=O)OCC2CCCCC2)c2c(C#CC(C)(C)O)cn(C)c(=O)c2C1. The number of carbonyl (C=O) groups excluding carboxylic acids is 4. The van der Waals surface area contributed by atoms with Crippen LogP contribution in [0.1, 0.15) is 221 Å². The van der Waals surface area contributed by atoms with Crippen LogP contribution in [-0.4, -0.2) is 111 Å². The minimum Gasteiger partial charge on any atom is -0.462 e. The number of ether oxygens (including phenoxy) is 4. The second kappa shape index (κ2) is 34.3. The molecule has 560 valence electrons. The van der Waals surface area contributed by atoms with E-state index < -0.39 is 34.3 Å². The largest absolute Gasteiger partial charge is 0.462 e. The van der Waals surface area contributed by atoms with Crippen LogP contribution < -0.4 is 22.2 Å². The molecule has 22 nitrogen and oxygen atoms in total. The number of pyridine rings is 4. The highest BCUT2D eigenvalue weighted by atomic mass is 16.5. The number of hydrogen-bond acceptors (Lipinski definition) is 18. The van der Waals surface area contributed by atoms with E-state index in [2.05, 4.69) is 47.4 Å². The molecular weight excluding hydrogens is 1350 g/mol. The third-order valence-corrected chi connectivity index (χ3v) is 18.2. The Bertz CT molecular complexity index is 4970. The first-order chi connectivity index (χ1) is 49.5. The molecule has 6 aliphatic rings. The number of hydrogen-bond donors (Lipinski definition) is 4. The number of aryl methyl sites for hydroxylation is 4. The summed E-state index contributed by atoms with van der Waals surface area (Å²) in [6.07, 6.45) is 15.4. The van der Waals surface area contributed by atoms with Crippen LogP contribution >= 0.6 is 0 Å². The standard InChI is InChI=1S/C23H29NO4.C21H24N2O4.C20H22N2O4.C20H23NO4/c1-15-12-18-20(17(10-11-23(2,3)27)13-24(4)21(18)25)19(15)22(26)28-14-16-8-6-5-7-9-16;1-13(2)12-27-20(25)17-14(3)10-16-18(17)15(11-23(5)19(16)24)6-7-21(4,26)8-9-22;1-12(2)26-19(24)16-13(3)10-15-17(16)14(11-22(5)18(15)23)6-7-20(4,25)8-9-21;1-12-9-15-17(16(12)19(23)25-11-13-5-6-13)14(7-8-20(2,3)24)10-21(4)18(15)22/h13,16,27H,5-9,12,14H2,1-4H3;11,13,26H,8,10,12H2,1-5H3;11-12,25H,8,10H2,1-5H3;10,13,24H,5-6,9,11H2,1-4H3. The lowest BCUT2D eigenvalue weighted by Gasteiger charge is -2.21. The summed E-state index contributed by atoms with van der Waals surface area (Å²) in [6.45, 7) is 25.1. The van der Waals surface area contributed by atoms with E-state index in [0.717, 1.165) is 48.0 Å². The lowest BCUT2D eigenvalue weighted by molar-refractivity contribution is -0.140. The van der Waals surface area contributed by atoms with Crippen LogP contribution in [0.25, 0.3) is 22.3 Å². The van der Waals surface area contributed by atoms with Gasteiger partial charge in [0, 0.05) is 145 Å². The average Bonchev–Trinajstić information content (AvgIpc) is 1.62. The third-order valence-electron chi connectivity index (χ3n) is 18.2. The Morgan fingerprint density at radius 2 is 0.736 bits per heavy atom. The predicted molar refractivity (Wildman–Crippen MR) is 402 cm³/mol. The van der Waals surface area contributed by atoms with Gasteiger partial charge in [-0.15, -0.1) is 0 Å². The summed E-state index contributed by atoms with van der Waals surface area (Å²) in [5, 5.41) is 57.7. The first-order valence-corrected chi connectivity index (χ1v) is 35.7. The van der Waals surface area contributed by atoms with Crippen molar-refractivity contribution in [3.05, 3.63) is 155 Å². The summed E-state index contributed by atoms with van der Waals surface area (Å²) < 4.78 is 27.6. The fourth-order valence-electron chi connectivity index (χ4n) is 12.7. The van der Waals surface area contributed by atoms with Crippen LogP contribution in [0.15, 0.2) is 66.3 Å². The Hall–Kier alpha value is -10.3. The molecule has 6 aliphatic carbocycles. The molecule has 4 aromatic rings. The molecule has 4 aromatic heterocycles. The topological polar surface area (TPSA) is 322 Å². The molecule has 10 rings (SSSR count). The maximum Gasteiger partial charge on any atom is 0.339 e. The van der Waals surface area contributed by atoms with Gasteiger partial charge in [-0.3, -0.25) is 19.2 Å². The van der Waals surface area contributed by atoms with Gasteiger partial charge in [0.1, 0.15) is 22.4 Å². The summed E-state index contributed by atoms with van der Waals surface area (Å²) >= 11 is 0. The molecule has 4 heterocycles. The molecule has 2 atom stereocenters. The Labute approximate surface area is 620 Å². The lowest BCUT2D eigenvalue weighted by atomic mass is 9.90. The molecule has 2 saturated carbocycles. The summed E-state index contributed by atoms with van der Waals surface area (Å²) in [7, 11) is 6.57. The van der Waals surface area contributed by atoms with E-state index in [-0.39, 0.29) is 65.6 Å². The number of aliphatic hydroxyl groups is 4. The predicted octanol–water partition coefficient (Wildman–Crippen LogP) is 8.36. The van der Waals surface area contributed by atoms with Crippen molar-refractivity contribution in [3.63, 3.8) is 0 Å². The number of nitriles is 2. The Balaban J connectivity index is 0.000000197. The van der Waals surface area contributed by atoms with Gasteiger partial charge in [-0.25, -0.2) is 19.2 Å². The maximum atomic E-state index is 12.9. The van der Waals surface area contributed by atoms with Crippen molar-refractivity contribution in [2.45, 2.75) is 209 Å². The van der Waals surface area contributed by atoms with Crippen molar-refractivity contribution in [2.24, 2.45) is 45.9 Å². The normalized spacial score (nSPS) is 15.9. The highest BCUT2D eigenvalue weighted by Crippen LogP contribution is 2.39. The molecule has 0 aliphatic heterocycles. The minimum atomic E-state index is -1.48. The second-order valence-electron chi connectivity index (χ2n) is 30.5. The van der Waals surface area contributed by atoms with Gasteiger partial charge in [-0.2, -0.15) is 10.5 Å². The van der Waals surface area contributed by atoms with Crippen molar-refractivity contribution in [3.8, 4) is 59.5 Å². The minimum absolute atomic E-state index is 0.127. The molecule has 22 heteroatoms. The number of carbonyl (C=O) groups is 4. The summed E-state index contributed by atoms with van der Waals surface area (Å²) in [5.74, 6) is 21.9. The Kier molecular flexibility index (Phi) is 26.8. The number of allylic oxidation sites excluding steroid dienone is 4. The summed E-state index contributed by atoms with van der Waals surface area (Å²) in [5.41, 5.74) is 5.15. The van der Waals surface area contributed by atoms with Crippen LogP contribution in [-0.2, 0) is 92.0 Å². The van der Waals surface area contributed by atoms with Crippen LogP contribution in [0.3, 0.4) is 0 Å². The van der Waals surface area contributed by atoms with Gasteiger partial charge in [0.25, 0.3) is 22.2 Å². The van der Waals surface area contributed by atoms with Gasteiger partial charge in [-0.05, 0) is 127 Å². The van der Waals surface area contributed by atoms with Crippen molar-refractivity contribution >= 4 is 46.2 Å². The average molecular weight is 1450 g/mol. The monoisotopic (exact) mass is 1450 g/mol. The molecular formula is C84H98N6O16. The molecule has 0 saturated heterocycles. The van der Waals surface area contributed by atoms with Gasteiger partial charge in [0.2, 0.25) is 0 Å². The molecule has 0 spiro atoms. The van der Waals surface area contributed by atoms with Crippen molar-refractivity contribution in [1.29, 1.82) is 10.5 Å². The van der Waals surface area contributed by atoms with Crippen molar-refractivity contribution < 1.29 is 58.6 Å². The first-order valence-electron chi connectivity index (χ1n) is 35.7. The zero-order valence-electron chi connectivity index (χ0n) is 64.3. The van der Waals surface area contributed by atoms with E-state index in [4.69, 9.17) is 29.5 Å². The zero-order chi connectivity index (χ0) is 78.8. The van der Waals surface area contributed by atoms with Gasteiger partial charge in [0.05, 0.1) is 73.2 Å². The van der Waals surface area contributed by atoms with E-state index >= 15 is 0 Å². The molecule has 106 heavy (non-hydrogen) atoms. The fraction of sp³-hybridized carbons (Fsp3) is 0.500. The van der Waals surface area contributed by atoms with E-state index in [9.17, 15) is 58.8 Å². The summed E-state index contributed by atoms with van der Waals surface area (Å²) in [4.78, 5) is 101. The van der Waals surface area contributed by atoms with Crippen LogP contribution in [0.2, 0.25) is 0 Å². The Morgan fingerprint density at radius 3 is 1.01 bits per heavy atom. The van der Waals surface area contributed by atoms with Gasteiger partial charge >= 0.3 is 23.9 Å². The van der Waals surface area contributed by atoms with Crippen molar-refractivity contribution in [2.75, 3.05) is 19.8 Å². The van der Waals surface area contributed by atoms with Crippen LogP contribution in [0, 0.1) is 87.8 Å². The van der Waals surface area contributed by atoms with E-state index in [0.29, 0.717) is 140 Å². The van der Waals surface area contributed by atoms with Crippen LogP contribution in [0.5, 0.6) is 0 Å². The molecule has 4 N–H and O–H groups in total. The fourth-order valence-corrected chi connectivity index (χ4v) is 12.7. The maximum absolute atomic E-state index is 12.9. The molecule has 2 fully saturated rings. The van der Waals surface area contributed by atoms with E-state index in [1.54, 1.807) is 102 Å². The number of fused-ring (bicyclic) bond motifs is 4. The van der Waals surface area contributed by atoms with Gasteiger partial charge < -0.3 is 57.6 Å².